The molecule has 0 spiro atoms. The Bertz CT molecular complexity index is 1120. The zero-order valence-corrected chi connectivity index (χ0v) is 22.2. The van der Waals surface area contributed by atoms with E-state index in [1.54, 1.807) is 0 Å². The first-order chi connectivity index (χ1) is 17.6. The van der Waals surface area contributed by atoms with E-state index in [1.807, 2.05) is 6.92 Å². The second-order valence-corrected chi connectivity index (χ2v) is 11.5. The van der Waals surface area contributed by atoms with Gasteiger partial charge in [-0.1, -0.05) is 32.6 Å². The van der Waals surface area contributed by atoms with Crippen LogP contribution in [0.4, 0.5) is 8.78 Å². The number of amides is 1. The zero-order chi connectivity index (χ0) is 27.1. The van der Waals surface area contributed by atoms with Gasteiger partial charge in [-0.2, -0.15) is 13.1 Å². The molecule has 2 aromatic carbocycles. The summed E-state index contributed by atoms with van der Waals surface area (Å²) >= 11 is 0. The lowest BCUT2D eigenvalue weighted by Gasteiger charge is -2.31. The van der Waals surface area contributed by atoms with E-state index in [-0.39, 0.29) is 4.90 Å². The molecule has 2 aromatic rings. The van der Waals surface area contributed by atoms with Crippen LogP contribution >= 0.6 is 0 Å². The van der Waals surface area contributed by atoms with Crippen LogP contribution in [-0.4, -0.2) is 44.9 Å². The number of likely N-dealkylation sites (N-methyl/N-ethyl adjacent to an activating group) is 1. The molecule has 1 aliphatic rings. The minimum absolute atomic E-state index is 0.248. The largest absolute Gasteiger partial charge is 0.494 e. The van der Waals surface area contributed by atoms with Gasteiger partial charge in [0.2, 0.25) is 15.9 Å². The fraction of sp³-hybridized carbons (Fsp3) is 0.519. The highest BCUT2D eigenvalue weighted by Gasteiger charge is 2.51. The Hall–Kier alpha value is -2.72. The van der Waals surface area contributed by atoms with E-state index >= 15 is 8.78 Å². The SMILES string of the molecule is CCCCOc1ccc(C(F)(F)[C@H](C(N)=O)N(C)S(=O)(=O)c2ccc(OCC3CCCCC3)cc2)cc1. The molecule has 0 radical (unpaired) electrons. The topological polar surface area (TPSA) is 98.9 Å². The van der Waals surface area contributed by atoms with Crippen LogP contribution < -0.4 is 15.2 Å². The van der Waals surface area contributed by atoms with Gasteiger partial charge >= 0.3 is 0 Å². The minimum atomic E-state index is -4.48. The highest BCUT2D eigenvalue weighted by molar-refractivity contribution is 7.89. The number of nitrogens with zero attached hydrogens (tertiary/aromatic N) is 1. The number of nitrogens with two attached hydrogens (primary N) is 1. The van der Waals surface area contributed by atoms with E-state index in [4.69, 9.17) is 15.2 Å². The molecule has 1 amide bonds. The van der Waals surface area contributed by atoms with Crippen LogP contribution in [0.5, 0.6) is 11.5 Å². The van der Waals surface area contributed by atoms with Crippen LogP contribution in [0, 0.1) is 5.92 Å². The third kappa shape index (κ3) is 7.19. The van der Waals surface area contributed by atoms with Gasteiger partial charge < -0.3 is 15.2 Å². The van der Waals surface area contributed by atoms with E-state index in [2.05, 4.69) is 0 Å². The second kappa shape index (κ2) is 12.7. The minimum Gasteiger partial charge on any atom is -0.494 e. The molecule has 0 unspecified atom stereocenters. The van der Waals surface area contributed by atoms with Crippen molar-refractivity contribution in [1.82, 2.24) is 4.31 Å². The first-order valence-corrected chi connectivity index (χ1v) is 14.1. The number of hydrogen-bond donors (Lipinski definition) is 1. The van der Waals surface area contributed by atoms with Crippen LogP contribution in [-0.2, 0) is 20.7 Å². The molecule has 1 saturated carbocycles. The molecule has 10 heteroatoms. The number of benzene rings is 2. The molecular weight excluding hydrogens is 502 g/mol. The van der Waals surface area contributed by atoms with Crippen LogP contribution in [0.1, 0.15) is 57.4 Å². The van der Waals surface area contributed by atoms with Crippen molar-refractivity contribution in [3.05, 3.63) is 54.1 Å². The van der Waals surface area contributed by atoms with E-state index in [0.29, 0.717) is 34.9 Å². The Morgan fingerprint density at radius 3 is 2.16 bits per heavy atom. The first-order valence-electron chi connectivity index (χ1n) is 12.7. The average molecular weight is 539 g/mol. The summed E-state index contributed by atoms with van der Waals surface area (Å²) in [6.07, 6.45) is 7.55. The van der Waals surface area contributed by atoms with Gasteiger partial charge in [0.05, 0.1) is 18.1 Å². The van der Waals surface area contributed by atoms with Gasteiger partial charge in [0.1, 0.15) is 11.5 Å². The second-order valence-electron chi connectivity index (χ2n) is 9.46. The monoisotopic (exact) mass is 538 g/mol. The Balaban J connectivity index is 1.75. The molecular formula is C27H36F2N2O5S. The predicted molar refractivity (Wildman–Crippen MR) is 137 cm³/mol. The Labute approximate surface area is 218 Å². The summed E-state index contributed by atoms with van der Waals surface area (Å²) in [5.74, 6) is -4.00. The van der Waals surface area contributed by atoms with Crippen molar-refractivity contribution in [3.63, 3.8) is 0 Å². The van der Waals surface area contributed by atoms with Gasteiger partial charge in [0.25, 0.3) is 5.92 Å². The summed E-state index contributed by atoms with van der Waals surface area (Å²) in [6, 6.07) is 8.02. The Morgan fingerprint density at radius 1 is 1.03 bits per heavy atom. The van der Waals surface area contributed by atoms with Gasteiger partial charge in [-0.25, -0.2) is 8.42 Å². The van der Waals surface area contributed by atoms with E-state index < -0.39 is 33.5 Å². The van der Waals surface area contributed by atoms with Crippen LogP contribution in [0.15, 0.2) is 53.4 Å². The fourth-order valence-corrected chi connectivity index (χ4v) is 5.76. The number of alkyl halides is 2. The number of ether oxygens (including phenoxy) is 2. The number of carbonyl (C=O) groups is 1. The maximum absolute atomic E-state index is 15.5. The number of sulfonamides is 1. The molecule has 0 aromatic heterocycles. The molecule has 0 saturated heterocycles. The van der Waals surface area contributed by atoms with Crippen molar-refractivity contribution in [2.24, 2.45) is 11.7 Å². The number of unbranched alkanes of at least 4 members (excludes halogenated alkanes) is 1. The summed E-state index contributed by atoms with van der Waals surface area (Å²) in [7, 11) is -3.55. The lowest BCUT2D eigenvalue weighted by molar-refractivity contribution is -0.136. The van der Waals surface area contributed by atoms with Gasteiger partial charge in [0, 0.05) is 12.6 Å². The molecule has 1 atom stereocenters. The van der Waals surface area contributed by atoms with Crippen molar-refractivity contribution < 1.29 is 31.5 Å². The van der Waals surface area contributed by atoms with Crippen LogP contribution in [0.2, 0.25) is 0 Å². The van der Waals surface area contributed by atoms with Crippen molar-refractivity contribution in [2.75, 3.05) is 20.3 Å². The van der Waals surface area contributed by atoms with Gasteiger partial charge in [-0.05, 0) is 73.7 Å². The van der Waals surface area contributed by atoms with E-state index in [1.165, 1.54) is 55.7 Å². The number of halogens is 2. The van der Waals surface area contributed by atoms with Crippen LogP contribution in [0.25, 0.3) is 0 Å². The molecule has 37 heavy (non-hydrogen) atoms. The normalized spacial score (nSPS) is 15.9. The maximum atomic E-state index is 15.5. The fourth-order valence-electron chi connectivity index (χ4n) is 4.43. The van der Waals surface area contributed by atoms with Crippen molar-refractivity contribution >= 4 is 15.9 Å². The summed E-state index contributed by atoms with van der Waals surface area (Å²) in [6.45, 7) is 2.99. The summed E-state index contributed by atoms with van der Waals surface area (Å²) < 4.78 is 69.0. The molecule has 2 N–H and O–H groups in total. The standard InChI is InChI=1S/C27H36F2N2O5S/c1-3-4-18-35-22-12-10-21(11-13-22)27(28,29)25(26(30)32)31(2)37(33,34)24-16-14-23(15-17-24)36-19-20-8-6-5-7-9-20/h10-17,20,25H,3-9,18-19H2,1-2H3,(H2,30,32)/t25-/m0/s1. The van der Waals surface area contributed by atoms with Crippen LogP contribution in [0.3, 0.4) is 0 Å². The summed E-state index contributed by atoms with van der Waals surface area (Å²) in [4.78, 5) is 11.9. The molecule has 0 heterocycles. The number of hydrogen-bond acceptors (Lipinski definition) is 5. The molecule has 0 aliphatic heterocycles. The summed E-state index contributed by atoms with van der Waals surface area (Å²) in [5.41, 5.74) is 4.76. The van der Waals surface area contributed by atoms with Crippen molar-refractivity contribution in [3.8, 4) is 11.5 Å². The highest BCUT2D eigenvalue weighted by atomic mass is 32.2. The third-order valence-corrected chi connectivity index (χ3v) is 8.53. The Morgan fingerprint density at radius 2 is 1.59 bits per heavy atom. The van der Waals surface area contributed by atoms with Gasteiger partial charge in [-0.15, -0.1) is 0 Å². The van der Waals surface area contributed by atoms with Crippen molar-refractivity contribution in [2.45, 2.75) is 68.7 Å². The quantitative estimate of drug-likeness (QED) is 0.358. The molecule has 7 nitrogen and oxygen atoms in total. The van der Waals surface area contributed by atoms with E-state index in [9.17, 15) is 13.2 Å². The third-order valence-electron chi connectivity index (χ3n) is 6.69. The molecule has 1 aliphatic carbocycles. The lowest BCUT2D eigenvalue weighted by Crippen LogP contribution is -2.54. The van der Waals surface area contributed by atoms with Gasteiger partial charge in [-0.3, -0.25) is 4.79 Å². The maximum Gasteiger partial charge on any atom is 0.298 e. The molecule has 3 rings (SSSR count). The molecule has 0 bridgehead atoms. The highest BCUT2D eigenvalue weighted by Crippen LogP contribution is 2.37. The Kier molecular flexibility index (Phi) is 9.89. The molecule has 1 fully saturated rings. The zero-order valence-electron chi connectivity index (χ0n) is 21.4. The average Bonchev–Trinajstić information content (AvgIpc) is 2.88. The van der Waals surface area contributed by atoms with Gasteiger partial charge in [0.15, 0.2) is 6.04 Å². The summed E-state index contributed by atoms with van der Waals surface area (Å²) in [5, 5.41) is 0. The number of primary amides is 1. The number of rotatable bonds is 13. The van der Waals surface area contributed by atoms with E-state index in [0.717, 1.165) is 44.9 Å². The van der Waals surface area contributed by atoms with Crippen molar-refractivity contribution in [1.29, 1.82) is 0 Å². The lowest BCUT2D eigenvalue weighted by atomic mass is 9.90. The number of carbonyl (C=O) groups excluding carboxylic acids is 1. The molecule has 204 valence electrons. The smallest absolute Gasteiger partial charge is 0.298 e. The predicted octanol–water partition coefficient (Wildman–Crippen LogP) is 5.09. The first kappa shape index (κ1) is 28.8.